The maximum absolute atomic E-state index is 12.8. The van der Waals surface area contributed by atoms with E-state index >= 15 is 0 Å². The first-order chi connectivity index (χ1) is 11.2. The lowest BCUT2D eigenvalue weighted by atomic mass is 9.93. The summed E-state index contributed by atoms with van der Waals surface area (Å²) in [6, 6.07) is 11.3. The van der Waals surface area contributed by atoms with Crippen molar-refractivity contribution in [1.82, 2.24) is 0 Å². The van der Waals surface area contributed by atoms with Gasteiger partial charge in [-0.25, -0.2) is 0 Å². The van der Waals surface area contributed by atoms with Crippen LogP contribution >= 0.6 is 0 Å². The van der Waals surface area contributed by atoms with Gasteiger partial charge in [-0.1, -0.05) is 41.2 Å². The third kappa shape index (κ3) is 4.07. The molecule has 0 radical (unpaired) electrons. The molecule has 0 aromatic heterocycles. The number of hydrogen-bond acceptors (Lipinski definition) is 2. The summed E-state index contributed by atoms with van der Waals surface area (Å²) in [7, 11) is 0. The van der Waals surface area contributed by atoms with Crippen molar-refractivity contribution < 1.29 is 18.3 Å². The van der Waals surface area contributed by atoms with Crippen molar-refractivity contribution in [2.45, 2.75) is 18.7 Å². The van der Waals surface area contributed by atoms with Crippen LogP contribution < -0.4 is 0 Å². The van der Waals surface area contributed by atoms with Gasteiger partial charge in [-0.3, -0.25) is 0 Å². The van der Waals surface area contributed by atoms with Crippen LogP contribution in [0.15, 0.2) is 53.6 Å². The molecule has 0 aliphatic rings. The predicted molar refractivity (Wildman–Crippen MR) is 83.1 cm³/mol. The van der Waals surface area contributed by atoms with E-state index in [1.54, 1.807) is 30.3 Å². The quantitative estimate of drug-likeness (QED) is 0.361. The Morgan fingerprint density at radius 3 is 2.38 bits per heavy atom. The predicted octanol–water partition coefficient (Wildman–Crippen LogP) is 4.91. The van der Waals surface area contributed by atoms with Crippen LogP contribution in [0.25, 0.3) is 10.4 Å². The molecule has 0 amide bonds. The van der Waals surface area contributed by atoms with Crippen LogP contribution in [-0.4, -0.2) is 5.11 Å². The number of aliphatic hydroxyl groups is 1. The molecule has 0 aliphatic carbocycles. The van der Waals surface area contributed by atoms with Crippen molar-refractivity contribution in [2.75, 3.05) is 0 Å². The number of rotatable bonds is 2. The van der Waals surface area contributed by atoms with Gasteiger partial charge in [0.1, 0.15) is 5.60 Å². The van der Waals surface area contributed by atoms with Gasteiger partial charge in [-0.15, -0.1) is 0 Å². The molecule has 122 valence electrons. The standard InChI is InChI=1S/C17H12F3N3O/c1-16(24,10-9-12-5-3-2-4-6-12)14-8-7-13(17(18,19)20)11-15(14)22-23-21/h2-8,11,24H,1H3. The Morgan fingerprint density at radius 1 is 1.12 bits per heavy atom. The fourth-order valence-corrected chi connectivity index (χ4v) is 2.03. The normalized spacial score (nSPS) is 13.2. The zero-order valence-electron chi connectivity index (χ0n) is 12.5. The lowest BCUT2D eigenvalue weighted by Gasteiger charge is -2.20. The van der Waals surface area contributed by atoms with Gasteiger partial charge in [0.25, 0.3) is 0 Å². The van der Waals surface area contributed by atoms with E-state index in [0.717, 1.165) is 12.1 Å². The lowest BCUT2D eigenvalue weighted by molar-refractivity contribution is -0.137. The molecule has 0 fully saturated rings. The number of nitrogens with zero attached hydrogens (tertiary/aromatic N) is 3. The van der Waals surface area contributed by atoms with E-state index in [9.17, 15) is 18.3 Å². The first-order valence-electron chi connectivity index (χ1n) is 6.81. The molecule has 1 unspecified atom stereocenters. The molecular formula is C17H12F3N3O. The summed E-state index contributed by atoms with van der Waals surface area (Å²) in [6.45, 7) is 1.32. The average molecular weight is 331 g/mol. The molecule has 2 aromatic rings. The zero-order valence-corrected chi connectivity index (χ0v) is 12.5. The third-order valence-corrected chi connectivity index (χ3v) is 3.23. The molecule has 0 spiro atoms. The Morgan fingerprint density at radius 2 is 1.79 bits per heavy atom. The number of benzene rings is 2. The number of halogens is 3. The van der Waals surface area contributed by atoms with Crippen molar-refractivity contribution in [2.24, 2.45) is 5.11 Å². The number of alkyl halides is 3. The van der Waals surface area contributed by atoms with Crippen LogP contribution in [0, 0.1) is 11.8 Å². The monoisotopic (exact) mass is 331 g/mol. The summed E-state index contributed by atoms with van der Waals surface area (Å²) in [5, 5.41) is 13.8. The molecule has 0 saturated heterocycles. The summed E-state index contributed by atoms with van der Waals surface area (Å²) in [6.07, 6.45) is -4.58. The minimum atomic E-state index is -4.58. The molecule has 0 aliphatic heterocycles. The highest BCUT2D eigenvalue weighted by Gasteiger charge is 2.32. The van der Waals surface area contributed by atoms with Crippen LogP contribution in [0.2, 0.25) is 0 Å². The van der Waals surface area contributed by atoms with Gasteiger partial charge < -0.3 is 5.11 Å². The molecule has 0 heterocycles. The third-order valence-electron chi connectivity index (χ3n) is 3.23. The van der Waals surface area contributed by atoms with E-state index in [0.29, 0.717) is 11.6 Å². The Labute approximate surface area is 136 Å². The highest BCUT2D eigenvalue weighted by atomic mass is 19.4. The van der Waals surface area contributed by atoms with Gasteiger partial charge in [0.15, 0.2) is 0 Å². The van der Waals surface area contributed by atoms with E-state index < -0.39 is 17.3 Å². The van der Waals surface area contributed by atoms with Crippen LogP contribution in [0.1, 0.15) is 23.6 Å². The largest absolute Gasteiger partial charge is 0.416 e. The molecule has 0 saturated carbocycles. The molecule has 1 atom stereocenters. The van der Waals surface area contributed by atoms with Crippen LogP contribution in [-0.2, 0) is 11.8 Å². The van der Waals surface area contributed by atoms with E-state index in [1.165, 1.54) is 6.92 Å². The maximum Gasteiger partial charge on any atom is 0.416 e. The molecule has 2 aromatic carbocycles. The van der Waals surface area contributed by atoms with Gasteiger partial charge in [0.2, 0.25) is 0 Å². The first-order valence-corrected chi connectivity index (χ1v) is 6.81. The van der Waals surface area contributed by atoms with E-state index in [4.69, 9.17) is 5.53 Å². The van der Waals surface area contributed by atoms with Crippen molar-refractivity contribution >= 4 is 5.69 Å². The summed E-state index contributed by atoms with van der Waals surface area (Å²) in [5.74, 6) is 5.33. The average Bonchev–Trinajstić information content (AvgIpc) is 2.53. The molecule has 4 nitrogen and oxygen atoms in total. The van der Waals surface area contributed by atoms with Crippen molar-refractivity contribution in [3.05, 3.63) is 75.7 Å². The lowest BCUT2D eigenvalue weighted by Crippen LogP contribution is -2.19. The summed E-state index contributed by atoms with van der Waals surface area (Å²) < 4.78 is 38.3. The van der Waals surface area contributed by atoms with Crippen LogP contribution in [0.5, 0.6) is 0 Å². The number of hydrogen-bond donors (Lipinski definition) is 1. The van der Waals surface area contributed by atoms with Gasteiger partial charge in [0.05, 0.1) is 5.56 Å². The summed E-state index contributed by atoms with van der Waals surface area (Å²) >= 11 is 0. The highest BCUT2D eigenvalue weighted by molar-refractivity contribution is 5.55. The molecule has 1 N–H and O–H groups in total. The van der Waals surface area contributed by atoms with Gasteiger partial charge >= 0.3 is 6.18 Å². The second-order valence-corrected chi connectivity index (χ2v) is 5.11. The van der Waals surface area contributed by atoms with Crippen LogP contribution in [0.3, 0.4) is 0 Å². The molecule has 24 heavy (non-hydrogen) atoms. The van der Waals surface area contributed by atoms with E-state index in [1.807, 2.05) is 0 Å². The summed E-state index contributed by atoms with van der Waals surface area (Å²) in [5.41, 5.74) is 6.12. The topological polar surface area (TPSA) is 69.0 Å². The Hall–Kier alpha value is -2.94. The minimum Gasteiger partial charge on any atom is -0.374 e. The van der Waals surface area contributed by atoms with Crippen molar-refractivity contribution in [3.63, 3.8) is 0 Å². The molecule has 7 heteroatoms. The smallest absolute Gasteiger partial charge is 0.374 e. The highest BCUT2D eigenvalue weighted by Crippen LogP contribution is 2.37. The molecular weight excluding hydrogens is 319 g/mol. The fraction of sp³-hybridized carbons (Fsp3) is 0.176. The Kier molecular flexibility index (Phi) is 4.84. The van der Waals surface area contributed by atoms with Crippen molar-refractivity contribution in [1.29, 1.82) is 0 Å². The van der Waals surface area contributed by atoms with Gasteiger partial charge in [-0.05, 0) is 36.7 Å². The SMILES string of the molecule is CC(O)(C#Cc1ccccc1)c1ccc(C(F)(F)F)cc1N=[N+]=[N-]. The van der Waals surface area contributed by atoms with Gasteiger partial charge in [0, 0.05) is 21.7 Å². The second kappa shape index (κ2) is 6.67. The van der Waals surface area contributed by atoms with E-state index in [-0.39, 0.29) is 11.3 Å². The summed E-state index contributed by atoms with van der Waals surface area (Å²) in [4.78, 5) is 2.52. The Balaban J connectivity index is 2.50. The molecule has 2 rings (SSSR count). The molecule has 0 bridgehead atoms. The van der Waals surface area contributed by atoms with Crippen molar-refractivity contribution in [3.8, 4) is 11.8 Å². The minimum absolute atomic E-state index is 0.00303. The second-order valence-electron chi connectivity index (χ2n) is 5.11. The fourth-order valence-electron chi connectivity index (χ4n) is 2.03. The Bertz CT molecular complexity index is 843. The zero-order chi connectivity index (χ0) is 17.8. The maximum atomic E-state index is 12.8. The van der Waals surface area contributed by atoms with Gasteiger partial charge in [-0.2, -0.15) is 13.2 Å². The first kappa shape index (κ1) is 17.4. The van der Waals surface area contributed by atoms with E-state index in [2.05, 4.69) is 21.9 Å². The van der Waals surface area contributed by atoms with Crippen LogP contribution in [0.4, 0.5) is 18.9 Å². The number of azide groups is 1.